The molecule has 5 rings (SSSR count). The van der Waals surface area contributed by atoms with Gasteiger partial charge in [0.1, 0.15) is 6.61 Å². The molecule has 1 amide bonds. The molecule has 1 aliphatic rings. The number of para-hydroxylation sites is 2. The van der Waals surface area contributed by atoms with E-state index in [2.05, 4.69) is 15.9 Å². The Morgan fingerprint density at radius 3 is 2.33 bits per heavy atom. The Balaban J connectivity index is 1.47. The summed E-state index contributed by atoms with van der Waals surface area (Å²) >= 11 is 17.3. The van der Waals surface area contributed by atoms with Gasteiger partial charge in [-0.3, -0.25) is 9.69 Å². The third-order valence-corrected chi connectivity index (χ3v) is 8.09. The molecule has 5 nitrogen and oxygen atoms in total. The van der Waals surface area contributed by atoms with Crippen LogP contribution in [0.25, 0.3) is 6.08 Å². The van der Waals surface area contributed by atoms with E-state index in [0.717, 1.165) is 27.0 Å². The number of amides is 1. The van der Waals surface area contributed by atoms with Crippen LogP contribution in [0.15, 0.2) is 105 Å². The van der Waals surface area contributed by atoms with E-state index in [1.165, 1.54) is 11.8 Å². The number of nitrogens with zero attached hydrogens (tertiary/aromatic N) is 2. The van der Waals surface area contributed by atoms with Crippen LogP contribution in [0, 0.1) is 0 Å². The van der Waals surface area contributed by atoms with Crippen molar-refractivity contribution in [1.82, 2.24) is 0 Å². The van der Waals surface area contributed by atoms with Crippen LogP contribution in [0.4, 0.5) is 11.4 Å². The summed E-state index contributed by atoms with van der Waals surface area (Å²) in [6.07, 6.45) is 1.84. The van der Waals surface area contributed by atoms with Gasteiger partial charge in [0.2, 0.25) is 0 Å². The minimum Gasteiger partial charge on any atom is -0.490 e. The lowest BCUT2D eigenvalue weighted by atomic mass is 10.1. The minimum atomic E-state index is -0.159. The highest BCUT2D eigenvalue weighted by atomic mass is 79.9. The van der Waals surface area contributed by atoms with E-state index in [1.54, 1.807) is 17.0 Å². The number of carbonyl (C=O) groups excluding carboxylic acids is 1. The van der Waals surface area contributed by atoms with E-state index in [9.17, 15) is 4.79 Å². The third-order valence-electron chi connectivity index (χ3n) is 5.85. The summed E-state index contributed by atoms with van der Waals surface area (Å²) in [5.74, 6) is 0.939. The molecule has 0 unspecified atom stereocenters. The number of benzene rings is 4. The number of hydrogen-bond acceptors (Lipinski definition) is 5. The Bertz CT molecular complexity index is 1600. The Labute approximate surface area is 255 Å². The van der Waals surface area contributed by atoms with Crippen LogP contribution in [-0.2, 0) is 11.4 Å². The molecule has 0 N–H and O–H groups in total. The summed E-state index contributed by atoms with van der Waals surface area (Å²) in [6.45, 7) is 2.59. The first-order valence-electron chi connectivity index (χ1n) is 12.4. The lowest BCUT2D eigenvalue weighted by Gasteiger charge is -2.15. The van der Waals surface area contributed by atoms with Crippen LogP contribution in [0.2, 0.25) is 10.0 Å². The topological polar surface area (TPSA) is 51.1 Å². The normalized spacial score (nSPS) is 15.2. The highest BCUT2D eigenvalue weighted by Gasteiger charge is 2.35. The second-order valence-electron chi connectivity index (χ2n) is 8.59. The van der Waals surface area contributed by atoms with Gasteiger partial charge in [0.15, 0.2) is 16.7 Å². The van der Waals surface area contributed by atoms with Crippen LogP contribution < -0.4 is 14.4 Å². The van der Waals surface area contributed by atoms with Crippen molar-refractivity contribution in [3.8, 4) is 11.5 Å². The number of amidine groups is 1. The minimum absolute atomic E-state index is 0.159. The fourth-order valence-corrected chi connectivity index (χ4v) is 5.84. The van der Waals surface area contributed by atoms with Gasteiger partial charge in [-0.25, -0.2) is 4.99 Å². The lowest BCUT2D eigenvalue weighted by Crippen LogP contribution is -2.28. The van der Waals surface area contributed by atoms with Gasteiger partial charge in [-0.2, -0.15) is 0 Å². The smallest absolute Gasteiger partial charge is 0.271 e. The number of halogens is 3. The van der Waals surface area contributed by atoms with Gasteiger partial charge in [-0.1, -0.05) is 81.6 Å². The van der Waals surface area contributed by atoms with Crippen molar-refractivity contribution < 1.29 is 14.3 Å². The number of aliphatic imine (C=N–C) groups is 1. The number of thioether (sulfide) groups is 1. The van der Waals surface area contributed by atoms with Gasteiger partial charge in [0.05, 0.1) is 22.9 Å². The molecule has 0 aliphatic carbocycles. The molecule has 1 heterocycles. The Morgan fingerprint density at radius 2 is 1.62 bits per heavy atom. The summed E-state index contributed by atoms with van der Waals surface area (Å²) in [4.78, 5) is 20.6. The molecule has 1 fully saturated rings. The van der Waals surface area contributed by atoms with Crippen LogP contribution in [0.1, 0.15) is 18.1 Å². The van der Waals surface area contributed by atoms with E-state index in [4.69, 9.17) is 37.7 Å². The molecule has 202 valence electrons. The SMILES string of the molecule is CCOc1cc(/C=C2\SC(=Nc3ccccc3)N(c3ccccc3)C2=O)c(Br)cc1OCc1ccc(Cl)cc1Cl. The van der Waals surface area contributed by atoms with Gasteiger partial charge in [0.25, 0.3) is 5.91 Å². The highest BCUT2D eigenvalue weighted by Crippen LogP contribution is 2.40. The Hall–Kier alpha value is -3.23. The fourth-order valence-electron chi connectivity index (χ4n) is 3.94. The molecule has 0 spiro atoms. The lowest BCUT2D eigenvalue weighted by molar-refractivity contribution is -0.113. The van der Waals surface area contributed by atoms with E-state index >= 15 is 0 Å². The van der Waals surface area contributed by atoms with E-state index in [0.29, 0.717) is 38.2 Å². The summed E-state index contributed by atoms with van der Waals surface area (Å²) in [7, 11) is 0. The van der Waals surface area contributed by atoms with Crippen LogP contribution in [0.3, 0.4) is 0 Å². The third kappa shape index (κ3) is 6.56. The van der Waals surface area contributed by atoms with E-state index < -0.39 is 0 Å². The summed E-state index contributed by atoms with van der Waals surface area (Å²) in [5, 5.41) is 1.67. The maximum Gasteiger partial charge on any atom is 0.271 e. The molecular formula is C31H23BrCl2N2O3S. The fraction of sp³-hybridized carbons (Fsp3) is 0.0968. The molecular weight excluding hydrogens is 631 g/mol. The monoisotopic (exact) mass is 652 g/mol. The maximum absolute atomic E-state index is 13.7. The zero-order chi connectivity index (χ0) is 28.1. The van der Waals surface area contributed by atoms with Gasteiger partial charge >= 0.3 is 0 Å². The van der Waals surface area contributed by atoms with Gasteiger partial charge in [-0.05, 0) is 78.9 Å². The average molecular weight is 654 g/mol. The molecule has 0 atom stereocenters. The molecule has 0 radical (unpaired) electrons. The first-order valence-corrected chi connectivity index (χ1v) is 14.8. The van der Waals surface area contributed by atoms with E-state index in [1.807, 2.05) is 91.9 Å². The largest absolute Gasteiger partial charge is 0.490 e. The van der Waals surface area contributed by atoms with Gasteiger partial charge < -0.3 is 9.47 Å². The maximum atomic E-state index is 13.7. The van der Waals surface area contributed by atoms with Crippen molar-refractivity contribution >= 4 is 79.4 Å². The van der Waals surface area contributed by atoms with E-state index in [-0.39, 0.29) is 12.5 Å². The highest BCUT2D eigenvalue weighted by molar-refractivity contribution is 9.10. The molecule has 0 saturated carbocycles. The zero-order valence-electron chi connectivity index (χ0n) is 21.3. The zero-order valence-corrected chi connectivity index (χ0v) is 25.2. The van der Waals surface area contributed by atoms with Crippen molar-refractivity contribution in [2.75, 3.05) is 11.5 Å². The second-order valence-corrected chi connectivity index (χ2v) is 11.3. The molecule has 4 aromatic rings. The molecule has 9 heteroatoms. The van der Waals surface area contributed by atoms with Crippen molar-refractivity contribution in [1.29, 1.82) is 0 Å². The number of hydrogen-bond donors (Lipinski definition) is 0. The molecule has 0 aromatic heterocycles. The Morgan fingerprint density at radius 1 is 0.925 bits per heavy atom. The van der Waals surface area contributed by atoms with Crippen LogP contribution in [-0.4, -0.2) is 17.7 Å². The molecule has 0 bridgehead atoms. The first kappa shape index (κ1) is 28.3. The number of rotatable bonds is 8. The average Bonchev–Trinajstić information content (AvgIpc) is 3.25. The van der Waals surface area contributed by atoms with Crippen molar-refractivity contribution in [2.45, 2.75) is 13.5 Å². The van der Waals surface area contributed by atoms with Crippen molar-refractivity contribution in [2.24, 2.45) is 4.99 Å². The predicted octanol–water partition coefficient (Wildman–Crippen LogP) is 9.54. The van der Waals surface area contributed by atoms with Crippen LogP contribution in [0.5, 0.6) is 11.5 Å². The van der Waals surface area contributed by atoms with Crippen molar-refractivity contribution in [3.63, 3.8) is 0 Å². The first-order chi connectivity index (χ1) is 19.4. The molecule has 1 saturated heterocycles. The quantitative estimate of drug-likeness (QED) is 0.178. The van der Waals surface area contributed by atoms with Gasteiger partial charge in [-0.15, -0.1) is 0 Å². The van der Waals surface area contributed by atoms with Crippen LogP contribution >= 0.6 is 50.9 Å². The predicted molar refractivity (Wildman–Crippen MR) is 169 cm³/mol. The number of ether oxygens (including phenoxy) is 2. The summed E-state index contributed by atoms with van der Waals surface area (Å²) < 4.78 is 12.7. The number of carbonyl (C=O) groups is 1. The molecule has 40 heavy (non-hydrogen) atoms. The van der Waals surface area contributed by atoms with Gasteiger partial charge in [0, 0.05) is 20.1 Å². The molecule has 1 aliphatic heterocycles. The standard InChI is InChI=1S/C31H23BrCl2N2O3S/c1-2-38-27-15-21(25(32)18-28(27)39-19-20-13-14-22(33)17-26(20)34)16-29-30(37)36(24-11-7-4-8-12-24)31(40-29)35-23-9-5-3-6-10-23/h3-18H,2,19H2,1H3/b29-16-,35-31?. The second kappa shape index (κ2) is 13.0. The molecule has 4 aromatic carbocycles. The number of anilines is 1. The Kier molecular flexibility index (Phi) is 9.17. The summed E-state index contributed by atoms with van der Waals surface area (Å²) in [5.41, 5.74) is 3.08. The van der Waals surface area contributed by atoms with Crippen molar-refractivity contribution in [3.05, 3.63) is 122 Å². The summed E-state index contributed by atoms with van der Waals surface area (Å²) in [6, 6.07) is 28.0.